The lowest BCUT2D eigenvalue weighted by Crippen LogP contribution is -2.45. The lowest BCUT2D eigenvalue weighted by atomic mass is 10.0. The third-order valence-electron chi connectivity index (χ3n) is 4.36. The van der Waals surface area contributed by atoms with Crippen LogP contribution in [0.4, 0.5) is 9.52 Å². The van der Waals surface area contributed by atoms with Crippen LogP contribution in [0.2, 0.25) is 0 Å². The van der Waals surface area contributed by atoms with Crippen LogP contribution in [0.3, 0.4) is 0 Å². The average molecular weight is 328 g/mol. The van der Waals surface area contributed by atoms with Crippen LogP contribution < -0.4 is 4.90 Å². The molecular weight excluding hydrogens is 307 g/mol. The SMILES string of the molecule is COCc1nnc(N2CCC(N3CC(CF)CC3=O)CC2)s1. The molecule has 0 saturated carbocycles. The van der Waals surface area contributed by atoms with Gasteiger partial charge in [-0.25, -0.2) is 0 Å². The van der Waals surface area contributed by atoms with Crippen LogP contribution >= 0.6 is 11.3 Å². The Morgan fingerprint density at radius 2 is 2.14 bits per heavy atom. The Morgan fingerprint density at radius 3 is 2.77 bits per heavy atom. The van der Waals surface area contributed by atoms with E-state index in [9.17, 15) is 9.18 Å². The fourth-order valence-electron chi connectivity index (χ4n) is 3.19. The van der Waals surface area contributed by atoms with Gasteiger partial charge in [-0.05, 0) is 12.8 Å². The van der Waals surface area contributed by atoms with E-state index < -0.39 is 6.67 Å². The maximum atomic E-state index is 12.7. The highest BCUT2D eigenvalue weighted by Gasteiger charge is 2.36. The monoisotopic (exact) mass is 328 g/mol. The summed E-state index contributed by atoms with van der Waals surface area (Å²) in [4.78, 5) is 16.1. The largest absolute Gasteiger partial charge is 0.377 e. The first-order valence-corrected chi connectivity index (χ1v) is 8.44. The first-order chi connectivity index (χ1) is 10.7. The van der Waals surface area contributed by atoms with E-state index in [4.69, 9.17) is 4.74 Å². The van der Waals surface area contributed by atoms with E-state index >= 15 is 0 Å². The van der Waals surface area contributed by atoms with Crippen LogP contribution in [0, 0.1) is 5.92 Å². The molecule has 1 unspecified atom stereocenters. The number of halogens is 1. The second kappa shape index (κ2) is 6.87. The number of amides is 1. The quantitative estimate of drug-likeness (QED) is 0.819. The molecule has 0 aliphatic carbocycles. The Morgan fingerprint density at radius 1 is 1.36 bits per heavy atom. The highest BCUT2D eigenvalue weighted by atomic mass is 32.1. The predicted molar refractivity (Wildman–Crippen MR) is 81.7 cm³/mol. The van der Waals surface area contributed by atoms with Crippen LogP contribution in [0.15, 0.2) is 0 Å². The molecular formula is C14H21FN4O2S. The number of methoxy groups -OCH3 is 1. The van der Waals surface area contributed by atoms with Gasteiger partial charge in [-0.3, -0.25) is 9.18 Å². The summed E-state index contributed by atoms with van der Waals surface area (Å²) < 4.78 is 17.8. The van der Waals surface area contributed by atoms with Gasteiger partial charge in [-0.1, -0.05) is 11.3 Å². The van der Waals surface area contributed by atoms with E-state index in [1.807, 2.05) is 4.90 Å². The lowest BCUT2D eigenvalue weighted by molar-refractivity contribution is -0.130. The fraction of sp³-hybridized carbons (Fsp3) is 0.786. The Hall–Kier alpha value is -1.28. The number of alkyl halides is 1. The van der Waals surface area contributed by atoms with Crippen molar-refractivity contribution in [3.8, 4) is 0 Å². The Labute approximate surface area is 133 Å². The molecule has 1 atom stereocenters. The van der Waals surface area contributed by atoms with Crippen LogP contribution in [0.1, 0.15) is 24.3 Å². The van der Waals surface area contributed by atoms with Gasteiger partial charge >= 0.3 is 0 Å². The van der Waals surface area contributed by atoms with Crippen LogP contribution in [-0.2, 0) is 16.1 Å². The molecule has 1 aromatic heterocycles. The van der Waals surface area contributed by atoms with Crippen molar-refractivity contribution in [2.75, 3.05) is 38.3 Å². The molecule has 0 aromatic carbocycles. The van der Waals surface area contributed by atoms with Crippen molar-refractivity contribution < 1.29 is 13.9 Å². The highest BCUT2D eigenvalue weighted by molar-refractivity contribution is 7.15. The number of ether oxygens (including phenoxy) is 1. The first kappa shape index (κ1) is 15.6. The molecule has 1 aromatic rings. The minimum atomic E-state index is -0.395. The maximum Gasteiger partial charge on any atom is 0.223 e. The van der Waals surface area contributed by atoms with Gasteiger partial charge in [-0.15, -0.1) is 10.2 Å². The van der Waals surface area contributed by atoms with Gasteiger partial charge in [0.2, 0.25) is 11.0 Å². The first-order valence-electron chi connectivity index (χ1n) is 7.63. The summed E-state index contributed by atoms with van der Waals surface area (Å²) in [5.74, 6) is 0.00434. The summed E-state index contributed by atoms with van der Waals surface area (Å²) in [6.07, 6.45) is 2.18. The fourth-order valence-corrected chi connectivity index (χ4v) is 4.05. The highest BCUT2D eigenvalue weighted by Crippen LogP contribution is 2.29. The Balaban J connectivity index is 1.55. The van der Waals surface area contributed by atoms with E-state index in [1.54, 1.807) is 18.4 Å². The standard InChI is InChI=1S/C14H21FN4O2S/c1-21-9-12-16-17-14(22-12)18-4-2-11(3-5-18)19-8-10(7-15)6-13(19)20/h10-11H,2-9H2,1H3. The number of nitrogens with zero attached hydrogens (tertiary/aromatic N) is 4. The third kappa shape index (κ3) is 3.22. The summed E-state index contributed by atoms with van der Waals surface area (Å²) in [5, 5.41) is 10.1. The summed E-state index contributed by atoms with van der Waals surface area (Å²) >= 11 is 1.55. The molecule has 0 N–H and O–H groups in total. The van der Waals surface area contributed by atoms with Gasteiger partial charge in [-0.2, -0.15) is 0 Å². The number of carbonyl (C=O) groups excluding carboxylic acids is 1. The van der Waals surface area contributed by atoms with E-state index in [1.165, 1.54) is 0 Å². The number of carbonyl (C=O) groups is 1. The molecule has 2 aliphatic rings. The number of piperidine rings is 1. The molecule has 2 aliphatic heterocycles. The minimum absolute atomic E-state index is 0.106. The third-order valence-corrected chi connectivity index (χ3v) is 5.31. The smallest absolute Gasteiger partial charge is 0.223 e. The maximum absolute atomic E-state index is 12.7. The summed E-state index contributed by atoms with van der Waals surface area (Å²) in [6, 6.07) is 0.242. The molecule has 6 nitrogen and oxygen atoms in total. The van der Waals surface area contributed by atoms with E-state index in [-0.39, 0.29) is 17.9 Å². The normalized spacial score (nSPS) is 23.5. The molecule has 0 bridgehead atoms. The van der Waals surface area contributed by atoms with Gasteiger partial charge in [0.25, 0.3) is 0 Å². The van der Waals surface area contributed by atoms with Crippen molar-refractivity contribution in [3.63, 3.8) is 0 Å². The number of anilines is 1. The van der Waals surface area contributed by atoms with E-state index in [2.05, 4.69) is 15.1 Å². The zero-order valence-electron chi connectivity index (χ0n) is 12.7. The average Bonchev–Trinajstić information content (AvgIpc) is 3.14. The van der Waals surface area contributed by atoms with Gasteiger partial charge in [0.05, 0.1) is 6.67 Å². The van der Waals surface area contributed by atoms with Crippen molar-refractivity contribution >= 4 is 22.4 Å². The lowest BCUT2D eigenvalue weighted by Gasteiger charge is -2.36. The van der Waals surface area contributed by atoms with Crippen molar-refractivity contribution in [3.05, 3.63) is 5.01 Å². The van der Waals surface area contributed by atoms with E-state index in [0.29, 0.717) is 19.6 Å². The van der Waals surface area contributed by atoms with Crippen LogP contribution in [-0.4, -0.2) is 60.5 Å². The summed E-state index contributed by atoms with van der Waals surface area (Å²) in [5.41, 5.74) is 0. The molecule has 22 heavy (non-hydrogen) atoms. The minimum Gasteiger partial charge on any atom is -0.377 e. The molecule has 1 amide bonds. The molecule has 122 valence electrons. The second-order valence-electron chi connectivity index (χ2n) is 5.90. The van der Waals surface area contributed by atoms with E-state index in [0.717, 1.165) is 36.1 Å². The van der Waals surface area contributed by atoms with Crippen LogP contribution in [0.25, 0.3) is 0 Å². The Bertz CT molecular complexity index is 519. The number of likely N-dealkylation sites (tertiary alicyclic amines) is 1. The van der Waals surface area contributed by atoms with Gasteiger partial charge in [0.1, 0.15) is 11.6 Å². The zero-order valence-corrected chi connectivity index (χ0v) is 13.5. The molecule has 0 radical (unpaired) electrons. The summed E-state index contributed by atoms with van der Waals surface area (Å²) in [7, 11) is 1.64. The molecule has 3 heterocycles. The molecule has 0 spiro atoms. The second-order valence-corrected chi connectivity index (χ2v) is 6.94. The number of hydrogen-bond donors (Lipinski definition) is 0. The van der Waals surface area contributed by atoms with Crippen molar-refractivity contribution in [1.82, 2.24) is 15.1 Å². The number of rotatable bonds is 5. The topological polar surface area (TPSA) is 58.6 Å². The zero-order chi connectivity index (χ0) is 15.5. The van der Waals surface area contributed by atoms with Crippen LogP contribution in [0.5, 0.6) is 0 Å². The van der Waals surface area contributed by atoms with Crippen molar-refractivity contribution in [2.24, 2.45) is 5.92 Å². The summed E-state index contributed by atoms with van der Waals surface area (Å²) in [6.45, 7) is 2.39. The van der Waals surface area contributed by atoms with Crippen molar-refractivity contribution in [2.45, 2.75) is 31.9 Å². The number of aromatic nitrogens is 2. The van der Waals surface area contributed by atoms with Gasteiger partial charge in [0, 0.05) is 45.1 Å². The molecule has 2 saturated heterocycles. The molecule has 8 heteroatoms. The molecule has 3 rings (SSSR count). The van der Waals surface area contributed by atoms with Gasteiger partial charge in [0.15, 0.2) is 0 Å². The van der Waals surface area contributed by atoms with Gasteiger partial charge < -0.3 is 14.5 Å². The predicted octanol–water partition coefficient (Wildman–Crippen LogP) is 1.47. The molecule has 2 fully saturated rings. The van der Waals surface area contributed by atoms with Crippen molar-refractivity contribution in [1.29, 1.82) is 0 Å². The number of hydrogen-bond acceptors (Lipinski definition) is 6. The Kier molecular flexibility index (Phi) is 4.87.